The van der Waals surface area contributed by atoms with E-state index in [9.17, 15) is 0 Å². The third-order valence-electron chi connectivity index (χ3n) is 32.1. The molecule has 0 spiro atoms. The van der Waals surface area contributed by atoms with Crippen LogP contribution in [0.3, 0.4) is 0 Å². The predicted octanol–water partition coefficient (Wildman–Crippen LogP) is 29.4. The lowest BCUT2D eigenvalue weighted by molar-refractivity contribution is 0.865. The molecule has 0 saturated heterocycles. The van der Waals surface area contributed by atoms with Crippen LogP contribution >= 0.6 is 0 Å². The molecule has 8 nitrogen and oxygen atoms in total. The highest BCUT2D eigenvalue weighted by Crippen LogP contribution is 2.52. The summed E-state index contributed by atoms with van der Waals surface area (Å²) < 4.78 is 0. The highest BCUT2D eigenvalue weighted by Gasteiger charge is 2.49. The first kappa shape index (κ1) is 94.1. The first-order chi connectivity index (χ1) is 73.2. The van der Waals surface area contributed by atoms with E-state index in [0.29, 0.717) is 23.7 Å². The Bertz CT molecular complexity index is 8110. The molecule has 0 saturated carbocycles. The summed E-state index contributed by atoms with van der Waals surface area (Å²) in [5, 5.41) is 0. The topological polar surface area (TPSA) is 25.9 Å². The summed E-state index contributed by atoms with van der Waals surface area (Å²) in [5.74, 6) is 1.89. The smallest absolute Gasteiger partial charge is 0.252 e. The molecule has 12 heteroatoms. The molecule has 0 unspecified atom stereocenters. The maximum Gasteiger partial charge on any atom is 0.252 e. The normalized spacial score (nSPS) is 13.3. The number of rotatable bonds is 12. The van der Waals surface area contributed by atoms with Gasteiger partial charge in [0.25, 0.3) is 26.9 Å². The summed E-state index contributed by atoms with van der Waals surface area (Å²) in [4.78, 5) is 19.7. The summed E-state index contributed by atoms with van der Waals surface area (Å²) in [6, 6.07) is 166. The molecule has 0 radical (unpaired) electrons. The zero-order valence-corrected chi connectivity index (χ0v) is 87.9. The lowest BCUT2D eigenvalue weighted by Crippen LogP contribution is -2.61. The van der Waals surface area contributed by atoms with E-state index < -0.39 is 0 Å². The van der Waals surface area contributed by atoms with Crippen LogP contribution in [-0.4, -0.2) is 26.9 Å². The van der Waals surface area contributed by atoms with E-state index in [4.69, 9.17) is 0 Å². The minimum absolute atomic E-state index is 0.154. The summed E-state index contributed by atoms with van der Waals surface area (Å²) in [6.07, 6.45) is 0. The number of para-hydroxylation sites is 6. The van der Waals surface area contributed by atoms with Gasteiger partial charge in [0.1, 0.15) is 0 Å². The average Bonchev–Trinajstić information content (AvgIpc) is 0.709. The summed E-state index contributed by atoms with van der Waals surface area (Å²) in [6.45, 7) is 32.0. The number of fused-ring (bicyclic) bond motifs is 16. The molecule has 0 bridgehead atoms. The second kappa shape index (κ2) is 38.4. The van der Waals surface area contributed by atoms with E-state index in [1.165, 1.54) is 258 Å². The van der Waals surface area contributed by atoms with E-state index in [1.54, 1.807) is 0 Å². The van der Waals surface area contributed by atoms with Gasteiger partial charge in [-0.3, -0.25) is 0 Å². The van der Waals surface area contributed by atoms with Crippen molar-refractivity contribution in [2.45, 2.75) is 121 Å². The zero-order valence-electron chi connectivity index (χ0n) is 87.9. The number of hydrogen-bond acceptors (Lipinski definition) is 8. The van der Waals surface area contributed by atoms with Crippen molar-refractivity contribution in [2.24, 2.45) is 0 Å². The molecule has 8 aliphatic rings. The van der Waals surface area contributed by atoms with Crippen molar-refractivity contribution in [2.75, 3.05) is 39.2 Å². The van der Waals surface area contributed by atoms with Crippen molar-refractivity contribution in [1.82, 2.24) is 0 Å². The van der Waals surface area contributed by atoms with Gasteiger partial charge < -0.3 is 39.2 Å². The van der Waals surface area contributed by atoms with Crippen LogP contribution in [0, 0.1) is 41.5 Å². The van der Waals surface area contributed by atoms with Crippen molar-refractivity contribution < 1.29 is 0 Å². The lowest BCUT2D eigenvalue weighted by Gasteiger charge is -2.44. The molecule has 150 heavy (non-hydrogen) atoms. The highest BCUT2D eigenvalue weighted by molar-refractivity contribution is 7.02. The number of benzene rings is 20. The number of anilines is 24. The largest absolute Gasteiger partial charge is 0.311 e. The standard InChI is InChI=1S/C42H45BN2.C34H29BN2.C32H25BN2.C30H21BN2/c1-26(2)30-12-18-34(19-13-30)44-38-10-9-11-39-42(38)43(36-22-16-32(28(5)6)24-40(36)44)37-23-17-33(29(7)8)25-41(37)45(39)35-20-14-31(15-21-35)27(3)4;1-22-8-14-26(15-9-22)36-30-6-5-7-31-34(30)35(28-18-12-24(3)20-32(28)36)29-19-13-25(4)21-33(29)37(31)27-16-10-23(2)11-17-27;1-22-16-18-26-30(20-22)34(24-10-5-3-6-11-24)28-14-9-15-29-32(28)33(26)27-19-17-23(2)21-31(27)35(29)25-12-7-4-8-13-25;1-3-12-22(13-4-1)32-26-18-9-7-16-24(26)31-25-17-8-10-19-27(25)33(23-14-5-2-6-15-23)29-21-11-20-28(32)30(29)31/h9-29H,1-8H3;5-21H,1-4H3;3-21H,1-2H3;1-21H. The molecule has 8 aliphatic heterocycles. The van der Waals surface area contributed by atoms with Crippen LogP contribution in [0.2, 0.25) is 0 Å². The first-order valence-electron chi connectivity index (χ1n) is 53.6. The Balaban J connectivity index is 0.000000104. The molecule has 8 heterocycles. The van der Waals surface area contributed by atoms with Gasteiger partial charge in [-0.25, -0.2) is 0 Å². The lowest BCUT2D eigenvalue weighted by atomic mass is 9.33. The molecule has 0 amide bonds. The van der Waals surface area contributed by atoms with Gasteiger partial charge in [0, 0.05) is 136 Å². The molecular weight excluding hydrogens is 1810 g/mol. The molecule has 0 aliphatic carbocycles. The second-order valence-electron chi connectivity index (χ2n) is 43.1. The van der Waals surface area contributed by atoms with Crippen molar-refractivity contribution in [3.8, 4) is 0 Å². The Labute approximate surface area is 886 Å². The Morgan fingerprint density at radius 3 is 0.533 bits per heavy atom. The van der Waals surface area contributed by atoms with Crippen LogP contribution in [0.1, 0.15) is 135 Å². The Hall–Kier alpha value is -16.9. The molecule has 28 rings (SSSR count). The Morgan fingerprint density at radius 2 is 0.300 bits per heavy atom. The van der Waals surface area contributed by atoms with Gasteiger partial charge in [0.2, 0.25) is 0 Å². The molecule has 20 aromatic carbocycles. The van der Waals surface area contributed by atoms with E-state index in [1.807, 2.05) is 0 Å². The number of aryl methyl sites for hydroxylation is 6. The van der Waals surface area contributed by atoms with Crippen LogP contribution in [0.25, 0.3) is 0 Å². The third-order valence-corrected chi connectivity index (χ3v) is 32.1. The number of hydrogen-bond donors (Lipinski definition) is 0. The highest BCUT2D eigenvalue weighted by atomic mass is 15.2. The second-order valence-corrected chi connectivity index (χ2v) is 43.1. The fourth-order valence-corrected chi connectivity index (χ4v) is 24.7. The molecule has 0 N–H and O–H groups in total. The maximum atomic E-state index is 2.52. The van der Waals surface area contributed by atoms with E-state index >= 15 is 0 Å². The molecule has 0 aromatic heterocycles. The quantitative estimate of drug-likeness (QED) is 0.112. The van der Waals surface area contributed by atoms with Gasteiger partial charge in [-0.05, 0) is 369 Å². The molecular formula is C138H120B4N8. The van der Waals surface area contributed by atoms with Crippen LogP contribution in [0.4, 0.5) is 136 Å². The van der Waals surface area contributed by atoms with Crippen LogP contribution in [0.15, 0.2) is 449 Å². The van der Waals surface area contributed by atoms with Crippen molar-refractivity contribution in [3.63, 3.8) is 0 Å². The SMILES string of the molecule is CC(C)c1ccc(N2c3cc(C(C)C)ccc3B3c4ccc(C(C)C)cc4N(c4ccc(C(C)C)cc4)c4cccc2c43)cc1.Cc1ccc(N2c3cc(C)ccc3B3c4ccc(C)cc4N(c4ccc(C)cc4)c4cccc2c43)cc1.Cc1ccc2c(c1)N(c1ccccc1)c1cccc3c1B2c1ccc(C)cc1N3c1ccccc1.c1ccc(N2c3ccccc3B3c4ccccc4N(c4ccccc4)c4cccc2c43)cc1. The Morgan fingerprint density at radius 1 is 0.133 bits per heavy atom. The van der Waals surface area contributed by atoms with Gasteiger partial charge in [0.15, 0.2) is 0 Å². The van der Waals surface area contributed by atoms with Crippen LogP contribution < -0.4 is 105 Å². The fourth-order valence-electron chi connectivity index (χ4n) is 24.7. The van der Waals surface area contributed by atoms with Crippen LogP contribution in [0.5, 0.6) is 0 Å². The minimum atomic E-state index is 0.154. The third kappa shape index (κ3) is 16.1. The van der Waals surface area contributed by atoms with Crippen molar-refractivity contribution in [1.29, 1.82) is 0 Å². The van der Waals surface area contributed by atoms with E-state index in [2.05, 4.69) is 585 Å². The monoisotopic (exact) mass is 1930 g/mol. The van der Waals surface area contributed by atoms with Gasteiger partial charge in [-0.1, -0.05) is 321 Å². The molecule has 0 fully saturated rings. The molecule has 20 aromatic rings. The average molecular weight is 1930 g/mol. The summed E-state index contributed by atoms with van der Waals surface area (Å²) >= 11 is 0. The summed E-state index contributed by atoms with van der Waals surface area (Å²) in [5.41, 5.74) is 59.3. The van der Waals surface area contributed by atoms with Crippen molar-refractivity contribution >= 4 is 229 Å². The molecule has 724 valence electrons. The van der Waals surface area contributed by atoms with Gasteiger partial charge in [-0.2, -0.15) is 0 Å². The first-order valence-corrected chi connectivity index (χ1v) is 53.6. The summed E-state index contributed by atoms with van der Waals surface area (Å²) in [7, 11) is 0. The van der Waals surface area contributed by atoms with Gasteiger partial charge in [-0.15, -0.1) is 0 Å². The predicted molar refractivity (Wildman–Crippen MR) is 647 cm³/mol. The molecule has 0 atom stereocenters. The number of nitrogens with zero attached hydrogens (tertiary/aromatic N) is 8. The van der Waals surface area contributed by atoms with Crippen molar-refractivity contribution in [3.05, 3.63) is 505 Å². The van der Waals surface area contributed by atoms with E-state index in [-0.39, 0.29) is 26.9 Å². The van der Waals surface area contributed by atoms with E-state index in [0.717, 1.165) is 0 Å². The fraction of sp³-hybridized carbons (Fsp3) is 0.130. The zero-order chi connectivity index (χ0) is 102. The Kier molecular flexibility index (Phi) is 24.1. The maximum absolute atomic E-state index is 2.52. The van der Waals surface area contributed by atoms with Crippen LogP contribution in [-0.2, 0) is 0 Å². The van der Waals surface area contributed by atoms with Gasteiger partial charge >= 0.3 is 0 Å². The minimum Gasteiger partial charge on any atom is -0.311 e. The van der Waals surface area contributed by atoms with Gasteiger partial charge in [0.05, 0.1) is 0 Å².